The molecule has 1 aliphatic rings. The summed E-state index contributed by atoms with van der Waals surface area (Å²) in [6.45, 7) is 3.17. The molecule has 0 radical (unpaired) electrons. The van der Waals surface area contributed by atoms with Crippen LogP contribution in [0, 0.1) is 0 Å². The number of aryl methyl sites for hydroxylation is 1. The summed E-state index contributed by atoms with van der Waals surface area (Å²) in [5.74, 6) is 2.01. The molecular formula is C21H24N8O4. The number of rotatable bonds is 5. The third-order valence-corrected chi connectivity index (χ3v) is 5.82. The summed E-state index contributed by atoms with van der Waals surface area (Å²) in [6, 6.07) is 7.30. The van der Waals surface area contributed by atoms with Crippen molar-refractivity contribution in [1.82, 2.24) is 34.2 Å². The second-order valence-corrected chi connectivity index (χ2v) is 7.84. The van der Waals surface area contributed by atoms with Gasteiger partial charge >= 0.3 is 5.69 Å². The first-order chi connectivity index (χ1) is 16.0. The number of methoxy groups -OCH3 is 1. The molecule has 12 heteroatoms. The highest BCUT2D eigenvalue weighted by Gasteiger charge is 2.25. The molecule has 0 saturated carbocycles. The molecule has 4 aromatic rings. The number of imidazole rings is 1. The molecule has 1 aromatic carbocycles. The number of nitrogens with zero attached hydrogens (tertiary/aromatic N) is 7. The van der Waals surface area contributed by atoms with Crippen molar-refractivity contribution in [3.8, 4) is 17.2 Å². The molecule has 4 heterocycles. The maximum atomic E-state index is 13.1. The van der Waals surface area contributed by atoms with Crippen LogP contribution in [0.2, 0.25) is 0 Å². The fourth-order valence-electron chi connectivity index (χ4n) is 3.99. The van der Waals surface area contributed by atoms with Crippen LogP contribution in [0.3, 0.4) is 0 Å². The number of nitrogens with one attached hydrogen (secondary N) is 1. The lowest BCUT2D eigenvalue weighted by atomic mass is 10.2. The Balaban J connectivity index is 1.60. The monoisotopic (exact) mass is 452 g/mol. The zero-order valence-electron chi connectivity index (χ0n) is 18.6. The Hall–Kier alpha value is -3.93. The first kappa shape index (κ1) is 20.9. The van der Waals surface area contributed by atoms with Gasteiger partial charge in [-0.05, 0) is 24.3 Å². The minimum Gasteiger partial charge on any atom is -0.497 e. The molecule has 1 N–H and O–H groups in total. The van der Waals surface area contributed by atoms with E-state index in [0.717, 1.165) is 42.1 Å². The van der Waals surface area contributed by atoms with Crippen molar-refractivity contribution in [2.24, 2.45) is 14.1 Å². The second kappa shape index (κ2) is 8.20. The van der Waals surface area contributed by atoms with Gasteiger partial charge in [0.05, 0.1) is 7.11 Å². The average Bonchev–Trinajstić information content (AvgIpc) is 3.47. The molecule has 0 spiro atoms. The number of hydrogen-bond donors (Lipinski definition) is 1. The van der Waals surface area contributed by atoms with Crippen LogP contribution in [-0.4, -0.2) is 62.2 Å². The summed E-state index contributed by atoms with van der Waals surface area (Å²) >= 11 is 0. The molecule has 12 nitrogen and oxygen atoms in total. The zero-order valence-corrected chi connectivity index (χ0v) is 18.6. The van der Waals surface area contributed by atoms with E-state index in [2.05, 4.69) is 25.4 Å². The van der Waals surface area contributed by atoms with Crippen LogP contribution in [0.25, 0.3) is 22.6 Å². The van der Waals surface area contributed by atoms with Gasteiger partial charge < -0.3 is 19.4 Å². The van der Waals surface area contributed by atoms with Gasteiger partial charge in [-0.2, -0.15) is 4.98 Å². The van der Waals surface area contributed by atoms with Gasteiger partial charge in [0.1, 0.15) is 12.3 Å². The minimum absolute atomic E-state index is 0.145. The summed E-state index contributed by atoms with van der Waals surface area (Å²) in [5, 5.41) is 11.7. The van der Waals surface area contributed by atoms with Crippen molar-refractivity contribution in [3.63, 3.8) is 0 Å². The summed E-state index contributed by atoms with van der Waals surface area (Å²) in [5.41, 5.74) is 0.551. The van der Waals surface area contributed by atoms with Crippen LogP contribution in [0.5, 0.6) is 5.75 Å². The van der Waals surface area contributed by atoms with Gasteiger partial charge in [-0.3, -0.25) is 18.5 Å². The van der Waals surface area contributed by atoms with E-state index in [1.54, 1.807) is 18.7 Å². The minimum atomic E-state index is -0.427. The van der Waals surface area contributed by atoms with E-state index in [4.69, 9.17) is 9.15 Å². The van der Waals surface area contributed by atoms with Crippen molar-refractivity contribution in [2.45, 2.75) is 6.54 Å². The lowest BCUT2D eigenvalue weighted by Gasteiger charge is -2.28. The molecule has 3 aromatic heterocycles. The second-order valence-electron chi connectivity index (χ2n) is 7.84. The van der Waals surface area contributed by atoms with Gasteiger partial charge in [-0.1, -0.05) is 0 Å². The van der Waals surface area contributed by atoms with E-state index >= 15 is 0 Å². The largest absolute Gasteiger partial charge is 0.497 e. The van der Waals surface area contributed by atoms with Crippen LogP contribution in [-0.2, 0) is 20.6 Å². The summed E-state index contributed by atoms with van der Waals surface area (Å²) in [6.07, 6.45) is 0. The zero-order chi connectivity index (χ0) is 23.1. The first-order valence-electron chi connectivity index (χ1n) is 10.6. The van der Waals surface area contributed by atoms with Crippen LogP contribution >= 0.6 is 0 Å². The Kier molecular flexibility index (Phi) is 5.21. The number of benzene rings is 1. The third-order valence-electron chi connectivity index (χ3n) is 5.82. The normalized spacial score (nSPS) is 14.2. The van der Waals surface area contributed by atoms with Gasteiger partial charge in [0.15, 0.2) is 11.2 Å². The fourth-order valence-corrected chi connectivity index (χ4v) is 3.99. The highest BCUT2D eigenvalue weighted by Crippen LogP contribution is 2.24. The highest BCUT2D eigenvalue weighted by molar-refractivity contribution is 5.74. The van der Waals surface area contributed by atoms with Crippen molar-refractivity contribution in [3.05, 3.63) is 51.0 Å². The predicted molar refractivity (Wildman–Crippen MR) is 121 cm³/mol. The standard InChI is InChI=1S/C21H24N8O4/c1-26-17-16(19(30)27(2)21(26)31)29(20(23-17)28-10-8-22-9-11-28)12-15-24-25-18(33-15)13-4-6-14(32-3)7-5-13/h4-7,22H,8-12H2,1-3H3. The van der Waals surface area contributed by atoms with Crippen LogP contribution in [0.4, 0.5) is 5.95 Å². The van der Waals surface area contributed by atoms with Gasteiger partial charge in [0.2, 0.25) is 17.7 Å². The van der Waals surface area contributed by atoms with E-state index in [-0.39, 0.29) is 6.54 Å². The molecule has 1 fully saturated rings. The summed E-state index contributed by atoms with van der Waals surface area (Å²) in [4.78, 5) is 32.3. The molecular weight excluding hydrogens is 428 g/mol. The Labute approximate surface area is 188 Å². The first-order valence-corrected chi connectivity index (χ1v) is 10.6. The molecule has 5 rings (SSSR count). The molecule has 0 bridgehead atoms. The van der Waals surface area contributed by atoms with Crippen molar-refractivity contribution >= 4 is 17.1 Å². The van der Waals surface area contributed by atoms with E-state index in [0.29, 0.717) is 28.9 Å². The van der Waals surface area contributed by atoms with E-state index in [1.807, 2.05) is 24.3 Å². The SMILES string of the molecule is COc1ccc(-c2nnc(Cn3c(N4CCNCC4)nc4c3c(=O)n(C)c(=O)n4C)o2)cc1. The Morgan fingerprint density at radius 3 is 2.48 bits per heavy atom. The van der Waals surface area contributed by atoms with Gasteiger partial charge in [-0.25, -0.2) is 4.79 Å². The summed E-state index contributed by atoms with van der Waals surface area (Å²) in [7, 11) is 4.67. The van der Waals surface area contributed by atoms with E-state index in [9.17, 15) is 9.59 Å². The van der Waals surface area contributed by atoms with Crippen molar-refractivity contribution < 1.29 is 9.15 Å². The number of fused-ring (bicyclic) bond motifs is 1. The maximum Gasteiger partial charge on any atom is 0.332 e. The lowest BCUT2D eigenvalue weighted by molar-refractivity contribution is 0.415. The molecule has 0 unspecified atom stereocenters. The molecule has 0 atom stereocenters. The van der Waals surface area contributed by atoms with Crippen LogP contribution in [0.1, 0.15) is 5.89 Å². The highest BCUT2D eigenvalue weighted by atomic mass is 16.5. The average molecular weight is 452 g/mol. The van der Waals surface area contributed by atoms with Crippen LogP contribution < -0.4 is 26.2 Å². The van der Waals surface area contributed by atoms with Gasteiger partial charge in [-0.15, -0.1) is 10.2 Å². The Morgan fingerprint density at radius 1 is 1.06 bits per heavy atom. The van der Waals surface area contributed by atoms with Crippen molar-refractivity contribution in [1.29, 1.82) is 0 Å². The Morgan fingerprint density at radius 2 is 1.79 bits per heavy atom. The topological polar surface area (TPSA) is 125 Å². The molecule has 0 amide bonds. The van der Waals surface area contributed by atoms with Gasteiger partial charge in [0, 0.05) is 45.8 Å². The number of hydrogen-bond acceptors (Lipinski definition) is 9. The lowest BCUT2D eigenvalue weighted by Crippen LogP contribution is -2.44. The molecule has 172 valence electrons. The van der Waals surface area contributed by atoms with Crippen molar-refractivity contribution in [2.75, 3.05) is 38.2 Å². The number of piperazine rings is 1. The van der Waals surface area contributed by atoms with Crippen LogP contribution in [0.15, 0.2) is 38.3 Å². The predicted octanol–water partition coefficient (Wildman–Crippen LogP) is -0.0498. The fraction of sp³-hybridized carbons (Fsp3) is 0.381. The third kappa shape index (κ3) is 3.57. The molecule has 0 aliphatic carbocycles. The molecule has 1 saturated heterocycles. The summed E-state index contributed by atoms with van der Waals surface area (Å²) < 4.78 is 15.3. The maximum absolute atomic E-state index is 13.1. The number of ether oxygens (including phenoxy) is 1. The molecule has 1 aliphatic heterocycles. The van der Waals surface area contributed by atoms with E-state index < -0.39 is 11.2 Å². The van der Waals surface area contributed by atoms with E-state index in [1.165, 1.54) is 11.6 Å². The number of anilines is 1. The smallest absolute Gasteiger partial charge is 0.332 e. The molecule has 33 heavy (non-hydrogen) atoms. The number of aromatic nitrogens is 6. The Bertz CT molecular complexity index is 1420. The van der Waals surface area contributed by atoms with Gasteiger partial charge in [0.25, 0.3) is 5.56 Å². The quantitative estimate of drug-likeness (QED) is 0.444.